The predicted molar refractivity (Wildman–Crippen MR) is 114 cm³/mol. The van der Waals surface area contributed by atoms with Crippen LogP contribution in [0, 0.1) is 5.82 Å². The molecule has 0 aliphatic carbocycles. The molecule has 1 fully saturated rings. The van der Waals surface area contributed by atoms with Crippen molar-refractivity contribution in [2.24, 2.45) is 0 Å². The van der Waals surface area contributed by atoms with E-state index in [9.17, 15) is 9.18 Å². The Morgan fingerprint density at radius 3 is 2.59 bits per heavy atom. The number of fused-ring (bicyclic) bond motifs is 1. The second-order valence-electron chi connectivity index (χ2n) is 7.04. The number of rotatable bonds is 3. The van der Waals surface area contributed by atoms with Gasteiger partial charge in [0, 0.05) is 42.5 Å². The Morgan fingerprint density at radius 1 is 1.03 bits per heavy atom. The van der Waals surface area contributed by atoms with Crippen LogP contribution in [0.3, 0.4) is 0 Å². The van der Waals surface area contributed by atoms with Gasteiger partial charge in [0.2, 0.25) is 0 Å². The highest BCUT2D eigenvalue weighted by atomic mass is 32.1. The van der Waals surface area contributed by atoms with Crippen LogP contribution >= 0.6 is 11.3 Å². The first-order chi connectivity index (χ1) is 14.2. The van der Waals surface area contributed by atoms with Crippen molar-refractivity contribution in [1.82, 2.24) is 14.9 Å². The molecular weight excluding hydrogens is 387 g/mol. The summed E-state index contributed by atoms with van der Waals surface area (Å²) in [5, 5.41) is 3.73. The normalized spacial score (nSPS) is 14.5. The molecule has 0 saturated carbocycles. The fourth-order valence-electron chi connectivity index (χ4n) is 3.70. The lowest BCUT2D eigenvalue weighted by atomic mass is 10.2. The molecule has 1 aliphatic rings. The summed E-state index contributed by atoms with van der Waals surface area (Å²) in [7, 11) is 0. The molecule has 1 N–H and O–H groups in total. The van der Waals surface area contributed by atoms with E-state index in [1.807, 2.05) is 40.6 Å². The second-order valence-corrected chi connectivity index (χ2v) is 7.90. The molecule has 146 valence electrons. The molecule has 1 saturated heterocycles. The molecule has 0 radical (unpaired) electrons. The molecule has 1 amide bonds. The first kappa shape index (κ1) is 17.9. The summed E-state index contributed by atoms with van der Waals surface area (Å²) in [6, 6.07) is 16.9. The maximum absolute atomic E-state index is 14.0. The summed E-state index contributed by atoms with van der Waals surface area (Å²) in [4.78, 5) is 24.6. The summed E-state index contributed by atoms with van der Waals surface area (Å²) in [6.07, 6.45) is 0. The minimum absolute atomic E-state index is 0.0724. The van der Waals surface area contributed by atoms with E-state index in [0.29, 0.717) is 37.6 Å². The Labute approximate surface area is 171 Å². The van der Waals surface area contributed by atoms with Gasteiger partial charge in [0.1, 0.15) is 16.5 Å². The van der Waals surface area contributed by atoms with Crippen molar-refractivity contribution in [3.05, 3.63) is 71.5 Å². The molecule has 4 aromatic rings. The van der Waals surface area contributed by atoms with E-state index < -0.39 is 0 Å². The molecular formula is C22H19FN4OS. The zero-order valence-corrected chi connectivity index (χ0v) is 16.5. The number of nitrogens with one attached hydrogen (secondary N) is 1. The molecule has 0 atom stereocenters. The highest BCUT2D eigenvalue weighted by Gasteiger charge is 2.25. The summed E-state index contributed by atoms with van der Waals surface area (Å²) in [6.45, 7) is 2.30. The Morgan fingerprint density at radius 2 is 1.79 bits per heavy atom. The number of para-hydroxylation sites is 2. The van der Waals surface area contributed by atoms with E-state index in [4.69, 9.17) is 0 Å². The van der Waals surface area contributed by atoms with Gasteiger partial charge in [-0.05, 0) is 24.3 Å². The van der Waals surface area contributed by atoms with Crippen LogP contribution in [-0.2, 0) is 0 Å². The Kier molecular flexibility index (Phi) is 4.52. The molecule has 2 aromatic heterocycles. The summed E-state index contributed by atoms with van der Waals surface area (Å²) >= 11 is 1.46. The summed E-state index contributed by atoms with van der Waals surface area (Å²) in [5.74, 6) is -0.299. The molecule has 7 heteroatoms. The smallest absolute Gasteiger partial charge is 0.273 e. The highest BCUT2D eigenvalue weighted by Crippen LogP contribution is 2.27. The maximum atomic E-state index is 14.0. The largest absolute Gasteiger partial charge is 0.366 e. The standard InChI is InChI=1S/C22H19FN4OS/c23-16-6-2-4-8-20(16)26-9-11-27(12-10-26)22(28)19-14-29-21(25-19)18-13-15-5-1-3-7-17(15)24-18/h1-8,13-14,24H,9-12H2. The van der Waals surface area contributed by atoms with E-state index in [-0.39, 0.29) is 11.7 Å². The molecule has 5 rings (SSSR count). The van der Waals surface area contributed by atoms with Gasteiger partial charge in [0.25, 0.3) is 5.91 Å². The number of carbonyl (C=O) groups is 1. The van der Waals surface area contributed by atoms with Gasteiger partial charge in [-0.2, -0.15) is 0 Å². The van der Waals surface area contributed by atoms with Crippen molar-refractivity contribution in [2.75, 3.05) is 31.1 Å². The van der Waals surface area contributed by atoms with Gasteiger partial charge in [-0.15, -0.1) is 11.3 Å². The number of anilines is 1. The number of carbonyl (C=O) groups excluding carboxylic acids is 1. The number of piperazine rings is 1. The molecule has 3 heterocycles. The number of amides is 1. The van der Waals surface area contributed by atoms with Crippen molar-refractivity contribution in [3.63, 3.8) is 0 Å². The topological polar surface area (TPSA) is 52.2 Å². The van der Waals surface area contributed by atoms with Crippen molar-refractivity contribution in [3.8, 4) is 10.7 Å². The maximum Gasteiger partial charge on any atom is 0.273 e. The number of hydrogen-bond donors (Lipinski definition) is 1. The van der Waals surface area contributed by atoms with Gasteiger partial charge in [-0.25, -0.2) is 9.37 Å². The van der Waals surface area contributed by atoms with Crippen LogP contribution in [0.5, 0.6) is 0 Å². The monoisotopic (exact) mass is 406 g/mol. The third-order valence-corrected chi connectivity index (χ3v) is 6.12. The van der Waals surface area contributed by atoms with Crippen LogP contribution in [0.15, 0.2) is 60.0 Å². The highest BCUT2D eigenvalue weighted by molar-refractivity contribution is 7.13. The molecule has 0 unspecified atom stereocenters. The van der Waals surface area contributed by atoms with E-state index in [1.54, 1.807) is 17.0 Å². The van der Waals surface area contributed by atoms with Gasteiger partial charge in [-0.1, -0.05) is 30.3 Å². The minimum atomic E-state index is -0.227. The zero-order valence-electron chi connectivity index (χ0n) is 15.6. The van der Waals surface area contributed by atoms with Gasteiger partial charge in [-0.3, -0.25) is 4.79 Å². The number of H-pyrrole nitrogens is 1. The molecule has 0 spiro atoms. The van der Waals surface area contributed by atoms with Crippen LogP contribution in [0.2, 0.25) is 0 Å². The van der Waals surface area contributed by atoms with E-state index >= 15 is 0 Å². The van der Waals surface area contributed by atoms with Crippen molar-refractivity contribution in [2.45, 2.75) is 0 Å². The summed E-state index contributed by atoms with van der Waals surface area (Å²) in [5.41, 5.74) is 3.02. The first-order valence-electron chi connectivity index (χ1n) is 9.51. The average molecular weight is 406 g/mol. The number of hydrogen-bond acceptors (Lipinski definition) is 4. The molecule has 0 bridgehead atoms. The van der Waals surface area contributed by atoms with Crippen LogP contribution in [0.4, 0.5) is 10.1 Å². The van der Waals surface area contributed by atoms with Gasteiger partial charge in [0.15, 0.2) is 0 Å². The van der Waals surface area contributed by atoms with Crippen molar-refractivity contribution < 1.29 is 9.18 Å². The molecule has 2 aromatic carbocycles. The van der Waals surface area contributed by atoms with Gasteiger partial charge >= 0.3 is 0 Å². The lowest BCUT2D eigenvalue weighted by molar-refractivity contribution is 0.0741. The predicted octanol–water partition coefficient (Wildman–Crippen LogP) is 4.39. The lowest BCUT2D eigenvalue weighted by Crippen LogP contribution is -2.49. The van der Waals surface area contributed by atoms with E-state index in [0.717, 1.165) is 21.6 Å². The quantitative estimate of drug-likeness (QED) is 0.549. The van der Waals surface area contributed by atoms with E-state index in [1.165, 1.54) is 17.4 Å². The third-order valence-electron chi connectivity index (χ3n) is 5.24. The fourth-order valence-corrected chi connectivity index (χ4v) is 4.47. The number of aromatic amines is 1. The lowest BCUT2D eigenvalue weighted by Gasteiger charge is -2.35. The van der Waals surface area contributed by atoms with Crippen LogP contribution in [-0.4, -0.2) is 47.0 Å². The Bertz CT molecular complexity index is 1140. The number of halogens is 1. The zero-order chi connectivity index (χ0) is 19.8. The van der Waals surface area contributed by atoms with Gasteiger partial charge < -0.3 is 14.8 Å². The number of nitrogens with zero attached hydrogens (tertiary/aromatic N) is 3. The molecule has 5 nitrogen and oxygen atoms in total. The van der Waals surface area contributed by atoms with Crippen LogP contribution < -0.4 is 4.90 Å². The Hall–Kier alpha value is -3.19. The number of thiazole rings is 1. The SMILES string of the molecule is O=C(c1csc(-c2cc3ccccc3[nH]2)n1)N1CCN(c2ccccc2F)CC1. The van der Waals surface area contributed by atoms with Gasteiger partial charge in [0.05, 0.1) is 11.4 Å². The van der Waals surface area contributed by atoms with Crippen molar-refractivity contribution >= 4 is 33.8 Å². The molecule has 1 aliphatic heterocycles. The van der Waals surface area contributed by atoms with Crippen LogP contribution in [0.1, 0.15) is 10.5 Å². The fraction of sp³-hybridized carbons (Fsp3) is 0.182. The molecule has 29 heavy (non-hydrogen) atoms. The third kappa shape index (κ3) is 3.38. The van der Waals surface area contributed by atoms with Crippen molar-refractivity contribution in [1.29, 1.82) is 0 Å². The average Bonchev–Trinajstić information content (AvgIpc) is 3.41. The summed E-state index contributed by atoms with van der Waals surface area (Å²) < 4.78 is 14.0. The number of benzene rings is 2. The minimum Gasteiger partial charge on any atom is -0.366 e. The number of aromatic nitrogens is 2. The van der Waals surface area contributed by atoms with E-state index in [2.05, 4.69) is 16.0 Å². The Balaban J connectivity index is 1.29. The first-order valence-corrected chi connectivity index (χ1v) is 10.4. The second kappa shape index (κ2) is 7.33. The van der Waals surface area contributed by atoms with Crippen LogP contribution in [0.25, 0.3) is 21.6 Å².